The Kier molecular flexibility index (Phi) is 4.20. The van der Waals surface area contributed by atoms with Gasteiger partial charge in [-0.05, 0) is 43.9 Å². The second-order valence-electron chi connectivity index (χ2n) is 4.44. The number of nitrogens with one attached hydrogen (secondary N) is 1. The summed E-state index contributed by atoms with van der Waals surface area (Å²) in [7, 11) is 0. The first-order valence-corrected chi connectivity index (χ1v) is 6.16. The zero-order valence-electron chi connectivity index (χ0n) is 9.92. The Morgan fingerprint density at radius 1 is 1.41 bits per heavy atom. The summed E-state index contributed by atoms with van der Waals surface area (Å²) in [4.78, 5) is 0. The molecule has 94 valence electrons. The van der Waals surface area contributed by atoms with Crippen LogP contribution in [0, 0.1) is 5.82 Å². The molecule has 1 atom stereocenters. The van der Waals surface area contributed by atoms with Crippen molar-refractivity contribution in [3.05, 3.63) is 24.0 Å². The summed E-state index contributed by atoms with van der Waals surface area (Å²) < 4.78 is 19.1. The number of halogens is 1. The smallest absolute Gasteiger partial charge is 0.148 e. The van der Waals surface area contributed by atoms with Crippen LogP contribution in [0.25, 0.3) is 0 Å². The Labute approximate surface area is 101 Å². The molecule has 1 saturated heterocycles. The van der Waals surface area contributed by atoms with Gasteiger partial charge < -0.3 is 15.8 Å². The quantitative estimate of drug-likeness (QED) is 0.793. The van der Waals surface area contributed by atoms with Crippen LogP contribution in [0.2, 0.25) is 0 Å². The number of nitrogens with two attached hydrogens (primary N) is 1. The monoisotopic (exact) mass is 238 g/mol. The molecule has 3 nitrogen and oxygen atoms in total. The first-order chi connectivity index (χ1) is 8.25. The van der Waals surface area contributed by atoms with Gasteiger partial charge in [-0.25, -0.2) is 4.39 Å². The first kappa shape index (κ1) is 12.2. The third-order valence-electron chi connectivity index (χ3n) is 3.05. The predicted octanol–water partition coefficient (Wildman–Crippen LogP) is 2.78. The predicted molar refractivity (Wildman–Crippen MR) is 67.5 cm³/mol. The van der Waals surface area contributed by atoms with E-state index < -0.39 is 0 Å². The van der Waals surface area contributed by atoms with Crippen molar-refractivity contribution in [2.45, 2.75) is 31.8 Å². The summed E-state index contributed by atoms with van der Waals surface area (Å²) in [5, 5.41) is 3.08. The van der Waals surface area contributed by atoms with Crippen molar-refractivity contribution in [3.8, 4) is 0 Å². The second kappa shape index (κ2) is 5.87. The molecule has 0 radical (unpaired) electrons. The van der Waals surface area contributed by atoms with Crippen LogP contribution in [0.1, 0.15) is 25.7 Å². The molecule has 1 aliphatic heterocycles. The van der Waals surface area contributed by atoms with Crippen LogP contribution in [0.4, 0.5) is 15.8 Å². The second-order valence-corrected chi connectivity index (χ2v) is 4.44. The number of anilines is 2. The molecule has 1 fully saturated rings. The van der Waals surface area contributed by atoms with Gasteiger partial charge in [0.15, 0.2) is 0 Å². The molecule has 0 aliphatic carbocycles. The Balaban J connectivity index is 1.77. The largest absolute Gasteiger partial charge is 0.399 e. The van der Waals surface area contributed by atoms with Gasteiger partial charge in [-0.2, -0.15) is 0 Å². The van der Waals surface area contributed by atoms with Crippen LogP contribution in [-0.4, -0.2) is 19.3 Å². The normalized spacial score (nSPS) is 20.2. The van der Waals surface area contributed by atoms with Crippen molar-refractivity contribution in [3.63, 3.8) is 0 Å². The summed E-state index contributed by atoms with van der Waals surface area (Å²) in [5.41, 5.74) is 6.44. The topological polar surface area (TPSA) is 47.3 Å². The van der Waals surface area contributed by atoms with Gasteiger partial charge in [-0.3, -0.25) is 0 Å². The van der Waals surface area contributed by atoms with Crippen molar-refractivity contribution < 1.29 is 9.13 Å². The van der Waals surface area contributed by atoms with E-state index in [9.17, 15) is 4.39 Å². The fraction of sp³-hybridized carbons (Fsp3) is 0.538. The minimum absolute atomic E-state index is 0.297. The standard InChI is InChI=1S/C13H19FN2O/c14-12-9-10(15)4-5-13(12)16-7-6-11-3-1-2-8-17-11/h4-5,9,11,16H,1-3,6-8,15H2. The number of hydrogen-bond donors (Lipinski definition) is 2. The molecule has 1 aliphatic rings. The van der Waals surface area contributed by atoms with Crippen molar-refractivity contribution in [2.75, 3.05) is 24.2 Å². The van der Waals surface area contributed by atoms with E-state index in [2.05, 4.69) is 5.32 Å². The van der Waals surface area contributed by atoms with E-state index in [4.69, 9.17) is 10.5 Å². The van der Waals surface area contributed by atoms with Gasteiger partial charge in [0, 0.05) is 18.8 Å². The lowest BCUT2D eigenvalue weighted by Gasteiger charge is -2.22. The Hall–Kier alpha value is -1.29. The van der Waals surface area contributed by atoms with Gasteiger partial charge >= 0.3 is 0 Å². The van der Waals surface area contributed by atoms with E-state index in [1.165, 1.54) is 12.5 Å². The maximum atomic E-state index is 13.4. The number of nitrogen functional groups attached to an aromatic ring is 1. The molecule has 1 heterocycles. The zero-order valence-corrected chi connectivity index (χ0v) is 9.92. The fourth-order valence-corrected chi connectivity index (χ4v) is 2.08. The lowest BCUT2D eigenvalue weighted by atomic mass is 10.1. The highest BCUT2D eigenvalue weighted by Crippen LogP contribution is 2.18. The van der Waals surface area contributed by atoms with Crippen molar-refractivity contribution in [1.82, 2.24) is 0 Å². The van der Waals surface area contributed by atoms with Crippen LogP contribution in [-0.2, 0) is 4.74 Å². The van der Waals surface area contributed by atoms with E-state index in [1.807, 2.05) is 0 Å². The number of hydrogen-bond acceptors (Lipinski definition) is 3. The molecule has 0 amide bonds. The molecule has 1 unspecified atom stereocenters. The summed E-state index contributed by atoms with van der Waals surface area (Å²) in [5.74, 6) is -0.297. The molecular formula is C13H19FN2O. The highest BCUT2D eigenvalue weighted by Gasteiger charge is 2.13. The molecular weight excluding hydrogens is 219 g/mol. The van der Waals surface area contributed by atoms with E-state index in [1.54, 1.807) is 12.1 Å². The van der Waals surface area contributed by atoms with Gasteiger partial charge in [0.2, 0.25) is 0 Å². The zero-order chi connectivity index (χ0) is 12.1. The Bertz CT molecular complexity index is 364. The molecule has 2 rings (SSSR count). The molecule has 0 saturated carbocycles. The van der Waals surface area contributed by atoms with Crippen LogP contribution < -0.4 is 11.1 Å². The maximum absolute atomic E-state index is 13.4. The van der Waals surface area contributed by atoms with E-state index in [0.717, 1.165) is 32.4 Å². The molecule has 4 heteroatoms. The van der Waals surface area contributed by atoms with Gasteiger partial charge in [0.25, 0.3) is 0 Å². The van der Waals surface area contributed by atoms with Crippen LogP contribution >= 0.6 is 0 Å². The number of ether oxygens (including phenoxy) is 1. The Morgan fingerprint density at radius 3 is 3.00 bits per heavy atom. The SMILES string of the molecule is Nc1ccc(NCCC2CCCCO2)c(F)c1. The van der Waals surface area contributed by atoms with E-state index in [-0.39, 0.29) is 5.82 Å². The molecule has 0 bridgehead atoms. The highest BCUT2D eigenvalue weighted by molar-refractivity contribution is 5.52. The molecule has 3 N–H and O–H groups in total. The third-order valence-corrected chi connectivity index (χ3v) is 3.05. The number of benzene rings is 1. The third kappa shape index (κ3) is 3.60. The number of rotatable bonds is 4. The van der Waals surface area contributed by atoms with Crippen molar-refractivity contribution >= 4 is 11.4 Å². The van der Waals surface area contributed by atoms with Crippen molar-refractivity contribution in [1.29, 1.82) is 0 Å². The average Bonchev–Trinajstić information content (AvgIpc) is 2.33. The summed E-state index contributed by atoms with van der Waals surface area (Å²) in [6, 6.07) is 4.70. The molecule has 0 aromatic heterocycles. The molecule has 1 aromatic carbocycles. The maximum Gasteiger partial charge on any atom is 0.148 e. The first-order valence-electron chi connectivity index (χ1n) is 6.16. The lowest BCUT2D eigenvalue weighted by Crippen LogP contribution is -2.22. The van der Waals surface area contributed by atoms with Crippen LogP contribution in [0.15, 0.2) is 18.2 Å². The summed E-state index contributed by atoms with van der Waals surface area (Å²) in [6.07, 6.45) is 4.76. The average molecular weight is 238 g/mol. The minimum Gasteiger partial charge on any atom is -0.399 e. The van der Waals surface area contributed by atoms with Gasteiger partial charge in [-0.1, -0.05) is 0 Å². The van der Waals surface area contributed by atoms with Crippen LogP contribution in [0.3, 0.4) is 0 Å². The van der Waals surface area contributed by atoms with E-state index >= 15 is 0 Å². The summed E-state index contributed by atoms with van der Waals surface area (Å²) in [6.45, 7) is 1.59. The summed E-state index contributed by atoms with van der Waals surface area (Å²) >= 11 is 0. The van der Waals surface area contributed by atoms with Gasteiger partial charge in [0.1, 0.15) is 5.82 Å². The van der Waals surface area contributed by atoms with Crippen molar-refractivity contribution in [2.24, 2.45) is 0 Å². The van der Waals surface area contributed by atoms with Gasteiger partial charge in [0.05, 0.1) is 11.8 Å². The lowest BCUT2D eigenvalue weighted by molar-refractivity contribution is 0.0134. The fourth-order valence-electron chi connectivity index (χ4n) is 2.08. The molecule has 1 aromatic rings. The van der Waals surface area contributed by atoms with Gasteiger partial charge in [-0.15, -0.1) is 0 Å². The van der Waals surface area contributed by atoms with Crippen LogP contribution in [0.5, 0.6) is 0 Å². The molecule has 17 heavy (non-hydrogen) atoms. The Morgan fingerprint density at radius 2 is 2.29 bits per heavy atom. The van der Waals surface area contributed by atoms with E-state index in [0.29, 0.717) is 17.5 Å². The highest BCUT2D eigenvalue weighted by atomic mass is 19.1. The minimum atomic E-state index is -0.297. The molecule has 0 spiro atoms.